The Morgan fingerprint density at radius 2 is 2.50 bits per heavy atom. The van der Waals surface area contributed by atoms with Gasteiger partial charge in [-0.3, -0.25) is 0 Å². The van der Waals surface area contributed by atoms with Crippen LogP contribution < -0.4 is 5.32 Å². The summed E-state index contributed by atoms with van der Waals surface area (Å²) < 4.78 is 8.02. The molecule has 0 fully saturated rings. The van der Waals surface area contributed by atoms with Gasteiger partial charge in [0.25, 0.3) is 0 Å². The summed E-state index contributed by atoms with van der Waals surface area (Å²) in [6.45, 7) is 0.906. The van der Waals surface area contributed by atoms with Crippen LogP contribution in [0, 0.1) is 0 Å². The first-order valence-electron chi connectivity index (χ1n) is 5.12. The van der Waals surface area contributed by atoms with E-state index in [-0.39, 0.29) is 6.04 Å². The van der Waals surface area contributed by atoms with Gasteiger partial charge in [-0.15, -0.1) is 5.10 Å². The minimum Gasteiger partial charge on any atom is -0.469 e. The van der Waals surface area contributed by atoms with Gasteiger partial charge in [0.15, 0.2) is 4.60 Å². The molecule has 2 aromatic heterocycles. The fraction of sp³-hybridized carbons (Fsp3) is 0.400. The molecule has 0 saturated heterocycles. The first-order valence-corrected chi connectivity index (χ1v) is 5.91. The minimum atomic E-state index is 0.108. The molecule has 0 radical (unpaired) electrons. The number of nitrogens with zero attached hydrogens (tertiary/aromatic N) is 3. The Hall–Kier alpha value is -1.14. The first kappa shape index (κ1) is 10.0. The third kappa shape index (κ3) is 1.41. The van der Waals surface area contributed by atoms with E-state index in [1.807, 2.05) is 13.1 Å². The summed E-state index contributed by atoms with van der Waals surface area (Å²) in [5.41, 5.74) is 2.21. The lowest BCUT2D eigenvalue weighted by Crippen LogP contribution is -2.31. The van der Waals surface area contributed by atoms with Crippen LogP contribution in [0.3, 0.4) is 0 Å². The van der Waals surface area contributed by atoms with Crippen LogP contribution in [0.15, 0.2) is 21.3 Å². The molecule has 3 rings (SSSR count). The van der Waals surface area contributed by atoms with Crippen LogP contribution in [0.25, 0.3) is 0 Å². The summed E-state index contributed by atoms with van der Waals surface area (Å²) in [6.07, 6.45) is 2.67. The Morgan fingerprint density at radius 1 is 1.62 bits per heavy atom. The van der Waals surface area contributed by atoms with E-state index < -0.39 is 0 Å². The number of fused-ring (bicyclic) bond motifs is 1. The third-order valence-electron chi connectivity index (χ3n) is 2.89. The molecule has 3 heterocycles. The van der Waals surface area contributed by atoms with Crippen LogP contribution in [-0.4, -0.2) is 21.5 Å². The molecule has 1 aliphatic heterocycles. The molecule has 0 bridgehead atoms. The highest BCUT2D eigenvalue weighted by Crippen LogP contribution is 2.31. The molecule has 6 heteroatoms. The number of furan rings is 1. The van der Waals surface area contributed by atoms with Gasteiger partial charge in [0.05, 0.1) is 18.0 Å². The molecular formula is C10H11BrN4O. The zero-order valence-electron chi connectivity index (χ0n) is 8.77. The number of aryl methyl sites for hydroxylation is 1. The monoisotopic (exact) mass is 282 g/mol. The van der Waals surface area contributed by atoms with E-state index in [0.717, 1.165) is 29.0 Å². The molecule has 0 aromatic carbocycles. The van der Waals surface area contributed by atoms with Gasteiger partial charge in [-0.1, -0.05) is 5.21 Å². The molecule has 0 aliphatic carbocycles. The molecule has 84 valence electrons. The maximum Gasteiger partial charge on any atom is 0.153 e. The van der Waals surface area contributed by atoms with Crippen LogP contribution in [-0.2, 0) is 13.5 Å². The summed E-state index contributed by atoms with van der Waals surface area (Å²) in [5.74, 6) is 1.05. The zero-order valence-corrected chi connectivity index (χ0v) is 10.4. The lowest BCUT2D eigenvalue weighted by Gasteiger charge is -2.23. The fourth-order valence-corrected chi connectivity index (χ4v) is 2.70. The highest BCUT2D eigenvalue weighted by Gasteiger charge is 2.28. The second kappa shape index (κ2) is 3.71. The van der Waals surface area contributed by atoms with Crippen molar-refractivity contribution in [1.82, 2.24) is 20.3 Å². The second-order valence-corrected chi connectivity index (χ2v) is 4.58. The normalized spacial score (nSPS) is 19.8. The smallest absolute Gasteiger partial charge is 0.153 e. The van der Waals surface area contributed by atoms with Crippen molar-refractivity contribution in [2.24, 2.45) is 7.05 Å². The third-order valence-corrected chi connectivity index (χ3v) is 3.46. The lowest BCUT2D eigenvalue weighted by atomic mass is 9.99. The van der Waals surface area contributed by atoms with E-state index >= 15 is 0 Å². The average Bonchev–Trinajstić information content (AvgIpc) is 2.86. The molecule has 1 N–H and O–H groups in total. The molecule has 1 unspecified atom stereocenters. The van der Waals surface area contributed by atoms with E-state index in [2.05, 4.69) is 31.6 Å². The van der Waals surface area contributed by atoms with Crippen molar-refractivity contribution in [3.63, 3.8) is 0 Å². The standard InChI is InChI=1S/C10H11BrN4O/c1-15-9(10(11)13-14-15)8-6-3-5-16-7(6)2-4-12-8/h3,5,8,12H,2,4H2,1H3. The minimum absolute atomic E-state index is 0.108. The predicted molar refractivity (Wildman–Crippen MR) is 61.0 cm³/mol. The number of hydrogen-bond acceptors (Lipinski definition) is 4. The molecular weight excluding hydrogens is 272 g/mol. The van der Waals surface area contributed by atoms with Crippen LogP contribution in [0.1, 0.15) is 23.1 Å². The van der Waals surface area contributed by atoms with Gasteiger partial charge in [-0.2, -0.15) is 0 Å². The van der Waals surface area contributed by atoms with Gasteiger partial charge in [-0.25, -0.2) is 4.68 Å². The van der Waals surface area contributed by atoms with Crippen LogP contribution in [0.5, 0.6) is 0 Å². The van der Waals surface area contributed by atoms with Gasteiger partial charge >= 0.3 is 0 Å². The Kier molecular flexibility index (Phi) is 2.33. The van der Waals surface area contributed by atoms with Crippen LogP contribution >= 0.6 is 15.9 Å². The molecule has 0 amide bonds. The SMILES string of the molecule is Cn1nnc(Br)c1C1NCCc2occc21. The summed E-state index contributed by atoms with van der Waals surface area (Å²) in [6, 6.07) is 2.11. The Balaban J connectivity index is 2.10. The van der Waals surface area contributed by atoms with E-state index in [4.69, 9.17) is 4.42 Å². The number of aromatic nitrogens is 3. The topological polar surface area (TPSA) is 55.9 Å². The Bertz CT molecular complexity index is 499. The maximum absolute atomic E-state index is 5.46. The van der Waals surface area contributed by atoms with Crippen molar-refractivity contribution in [2.45, 2.75) is 12.5 Å². The first-order chi connectivity index (χ1) is 7.77. The summed E-state index contributed by atoms with van der Waals surface area (Å²) >= 11 is 3.43. The number of hydrogen-bond donors (Lipinski definition) is 1. The Morgan fingerprint density at radius 3 is 3.25 bits per heavy atom. The Labute approximate surface area is 101 Å². The van der Waals surface area contributed by atoms with Gasteiger partial charge in [0, 0.05) is 25.6 Å². The number of halogens is 1. The van der Waals surface area contributed by atoms with Crippen molar-refractivity contribution >= 4 is 15.9 Å². The molecule has 1 aliphatic rings. The zero-order chi connectivity index (χ0) is 11.1. The van der Waals surface area contributed by atoms with E-state index in [0.29, 0.717) is 0 Å². The molecule has 16 heavy (non-hydrogen) atoms. The highest BCUT2D eigenvalue weighted by atomic mass is 79.9. The van der Waals surface area contributed by atoms with Crippen molar-refractivity contribution in [2.75, 3.05) is 6.54 Å². The summed E-state index contributed by atoms with van der Waals surface area (Å²) in [7, 11) is 1.89. The van der Waals surface area contributed by atoms with Crippen molar-refractivity contribution in [3.8, 4) is 0 Å². The highest BCUT2D eigenvalue weighted by molar-refractivity contribution is 9.10. The lowest BCUT2D eigenvalue weighted by molar-refractivity contribution is 0.446. The fourth-order valence-electron chi connectivity index (χ4n) is 2.14. The number of nitrogens with one attached hydrogen (secondary N) is 1. The van der Waals surface area contributed by atoms with Crippen molar-refractivity contribution in [1.29, 1.82) is 0 Å². The van der Waals surface area contributed by atoms with Crippen molar-refractivity contribution in [3.05, 3.63) is 34.0 Å². The molecule has 5 nitrogen and oxygen atoms in total. The quantitative estimate of drug-likeness (QED) is 0.859. The number of rotatable bonds is 1. The molecule has 1 atom stereocenters. The largest absolute Gasteiger partial charge is 0.469 e. The predicted octanol–water partition coefficient (Wildman–Crippen LogP) is 1.41. The van der Waals surface area contributed by atoms with E-state index in [1.54, 1.807) is 10.9 Å². The summed E-state index contributed by atoms with van der Waals surface area (Å²) in [5, 5.41) is 11.5. The van der Waals surface area contributed by atoms with Crippen LogP contribution in [0.4, 0.5) is 0 Å². The average molecular weight is 283 g/mol. The van der Waals surface area contributed by atoms with Crippen molar-refractivity contribution < 1.29 is 4.42 Å². The molecule has 0 spiro atoms. The maximum atomic E-state index is 5.46. The van der Waals surface area contributed by atoms with E-state index in [1.165, 1.54) is 5.56 Å². The summed E-state index contributed by atoms with van der Waals surface area (Å²) in [4.78, 5) is 0. The van der Waals surface area contributed by atoms with Crippen LogP contribution in [0.2, 0.25) is 0 Å². The van der Waals surface area contributed by atoms with Gasteiger partial charge in [0.1, 0.15) is 5.76 Å². The van der Waals surface area contributed by atoms with Gasteiger partial charge in [0.2, 0.25) is 0 Å². The van der Waals surface area contributed by atoms with E-state index in [9.17, 15) is 0 Å². The molecule has 2 aromatic rings. The van der Waals surface area contributed by atoms with Gasteiger partial charge in [-0.05, 0) is 22.0 Å². The van der Waals surface area contributed by atoms with Gasteiger partial charge < -0.3 is 9.73 Å². The molecule has 0 saturated carbocycles. The second-order valence-electron chi connectivity index (χ2n) is 3.83.